The van der Waals surface area contributed by atoms with Crippen molar-refractivity contribution in [3.8, 4) is 0 Å². The second-order valence-electron chi connectivity index (χ2n) is 13.4. The summed E-state index contributed by atoms with van der Waals surface area (Å²) in [5, 5.41) is 3.24. The lowest BCUT2D eigenvalue weighted by atomic mass is 9.78. The first-order valence-electron chi connectivity index (χ1n) is 16.6. The fraction of sp³-hybridized carbons (Fsp3) is 0.410. The summed E-state index contributed by atoms with van der Waals surface area (Å²) < 4.78 is 30.8. The third kappa shape index (κ3) is 9.67. The summed E-state index contributed by atoms with van der Waals surface area (Å²) in [5.41, 5.74) is 3.74. The van der Waals surface area contributed by atoms with Crippen LogP contribution >= 0.6 is 0 Å². The van der Waals surface area contributed by atoms with Crippen molar-refractivity contribution in [2.24, 2.45) is 0 Å². The van der Waals surface area contributed by atoms with Crippen LogP contribution < -0.4 is 10.8 Å². The van der Waals surface area contributed by atoms with Crippen LogP contribution in [0.2, 0.25) is 0 Å². The molecule has 0 aromatic heterocycles. The van der Waals surface area contributed by atoms with Crippen LogP contribution in [0.5, 0.6) is 0 Å². The lowest BCUT2D eigenvalue weighted by Gasteiger charge is -2.32. The third-order valence-electron chi connectivity index (χ3n) is 9.24. The summed E-state index contributed by atoms with van der Waals surface area (Å²) in [6, 6.07) is 27.6. The van der Waals surface area contributed by atoms with E-state index in [9.17, 15) is 4.79 Å². The molecule has 0 unspecified atom stereocenters. The maximum atomic E-state index is 13.4. The molecule has 8 heteroatoms. The first-order chi connectivity index (χ1) is 22.6. The summed E-state index contributed by atoms with van der Waals surface area (Å²) in [7, 11) is -0.524. The highest BCUT2D eigenvalue weighted by Crippen LogP contribution is 2.36. The summed E-state index contributed by atoms with van der Waals surface area (Å²) >= 11 is 0. The van der Waals surface area contributed by atoms with Gasteiger partial charge in [0, 0.05) is 5.56 Å². The van der Waals surface area contributed by atoms with Crippen LogP contribution in [0, 0.1) is 0 Å². The molecule has 47 heavy (non-hydrogen) atoms. The molecule has 3 aromatic carbocycles. The van der Waals surface area contributed by atoms with Gasteiger partial charge in [-0.25, -0.2) is 0 Å². The summed E-state index contributed by atoms with van der Waals surface area (Å²) in [5.74, 6) is 0.449. The van der Waals surface area contributed by atoms with Crippen LogP contribution in [0.3, 0.4) is 0 Å². The lowest BCUT2D eigenvalue weighted by molar-refractivity contribution is 0.00578. The first kappa shape index (κ1) is 34.6. The second-order valence-corrected chi connectivity index (χ2v) is 13.4. The van der Waals surface area contributed by atoms with Crippen molar-refractivity contribution in [2.75, 3.05) is 13.2 Å². The predicted molar refractivity (Wildman–Crippen MR) is 186 cm³/mol. The number of carbonyl (C=O) groups is 1. The Labute approximate surface area is 280 Å². The summed E-state index contributed by atoms with van der Waals surface area (Å²) in [6.45, 7) is 14.2. The summed E-state index contributed by atoms with van der Waals surface area (Å²) in [4.78, 5) is 13.4. The van der Waals surface area contributed by atoms with Crippen molar-refractivity contribution in [3.05, 3.63) is 126 Å². The fourth-order valence-corrected chi connectivity index (χ4v) is 5.74. The van der Waals surface area contributed by atoms with E-state index >= 15 is 0 Å². The molecule has 0 radical (unpaired) electrons. The van der Waals surface area contributed by atoms with Crippen LogP contribution in [-0.2, 0) is 36.7 Å². The molecule has 1 heterocycles. The molecule has 248 valence electrons. The molecule has 0 spiro atoms. The minimum Gasteiger partial charge on any atom is -0.490 e. The normalized spacial score (nSPS) is 20.3. The number of rotatable bonds is 15. The number of hydrogen-bond acceptors (Lipinski definition) is 6. The molecule has 1 saturated carbocycles. The third-order valence-corrected chi connectivity index (χ3v) is 9.24. The number of carbonyl (C=O) groups excluding carboxylic acids is 1. The zero-order chi connectivity index (χ0) is 33.3. The Kier molecular flexibility index (Phi) is 11.7. The molecule has 2 aliphatic rings. The van der Waals surface area contributed by atoms with Crippen molar-refractivity contribution >= 4 is 18.5 Å². The SMILES string of the molecule is C=C(/C=C(\CCOCc1ccccc1)CO[C@@H]1CCC[C@H]1NC(=O)c1cccc(B2OC(C)(C)C(C)(C)O2)c1)OCc1ccccc1. The molecular formula is C39H48BNO6. The highest BCUT2D eigenvalue weighted by molar-refractivity contribution is 6.62. The fourth-order valence-electron chi connectivity index (χ4n) is 5.74. The number of ether oxygens (including phenoxy) is 3. The first-order valence-corrected chi connectivity index (χ1v) is 16.6. The van der Waals surface area contributed by atoms with Crippen molar-refractivity contribution in [3.63, 3.8) is 0 Å². The van der Waals surface area contributed by atoms with Gasteiger partial charge in [0.05, 0.1) is 43.2 Å². The van der Waals surface area contributed by atoms with E-state index in [2.05, 4.69) is 24.0 Å². The minimum absolute atomic E-state index is 0.0869. The van der Waals surface area contributed by atoms with Gasteiger partial charge in [-0.2, -0.15) is 0 Å². The van der Waals surface area contributed by atoms with Gasteiger partial charge in [0.25, 0.3) is 5.91 Å². The lowest BCUT2D eigenvalue weighted by Crippen LogP contribution is -2.42. The minimum atomic E-state index is -0.524. The molecule has 1 N–H and O–H groups in total. The van der Waals surface area contributed by atoms with E-state index in [0.29, 0.717) is 44.2 Å². The van der Waals surface area contributed by atoms with E-state index in [4.69, 9.17) is 23.5 Å². The van der Waals surface area contributed by atoms with E-state index in [1.807, 2.05) is 107 Å². The average Bonchev–Trinajstić information content (AvgIpc) is 3.60. The Morgan fingerprint density at radius 2 is 1.57 bits per heavy atom. The van der Waals surface area contributed by atoms with E-state index in [0.717, 1.165) is 41.4 Å². The van der Waals surface area contributed by atoms with Gasteiger partial charge < -0.3 is 28.8 Å². The quantitative estimate of drug-likeness (QED) is 0.0845. The predicted octanol–water partition coefficient (Wildman–Crippen LogP) is 6.92. The van der Waals surface area contributed by atoms with Crippen molar-refractivity contribution in [2.45, 2.75) is 89.9 Å². The molecule has 3 aromatic rings. The van der Waals surface area contributed by atoms with Crippen LogP contribution in [0.25, 0.3) is 0 Å². The van der Waals surface area contributed by atoms with Crippen LogP contribution in [0.4, 0.5) is 0 Å². The molecule has 1 saturated heterocycles. The Morgan fingerprint density at radius 1 is 0.915 bits per heavy atom. The van der Waals surface area contributed by atoms with Gasteiger partial charge in [0.15, 0.2) is 0 Å². The summed E-state index contributed by atoms with van der Waals surface area (Å²) in [6.07, 6.45) is 5.25. The second kappa shape index (κ2) is 15.9. The number of amides is 1. The van der Waals surface area contributed by atoms with Crippen molar-refractivity contribution < 1.29 is 28.3 Å². The average molecular weight is 638 g/mol. The number of benzene rings is 3. The monoisotopic (exact) mass is 637 g/mol. The molecule has 2 atom stereocenters. The topological polar surface area (TPSA) is 75.3 Å². The van der Waals surface area contributed by atoms with Gasteiger partial charge in [-0.1, -0.05) is 79.4 Å². The van der Waals surface area contributed by atoms with Gasteiger partial charge >= 0.3 is 7.12 Å². The van der Waals surface area contributed by atoms with E-state index < -0.39 is 18.3 Å². The Balaban J connectivity index is 1.17. The van der Waals surface area contributed by atoms with Gasteiger partial charge in [-0.05, 0) is 93.7 Å². The molecule has 2 fully saturated rings. The van der Waals surface area contributed by atoms with Crippen molar-refractivity contribution in [1.82, 2.24) is 5.32 Å². The smallest absolute Gasteiger partial charge is 0.490 e. The highest BCUT2D eigenvalue weighted by atomic mass is 16.7. The van der Waals surface area contributed by atoms with Gasteiger partial charge in [-0.15, -0.1) is 0 Å². The van der Waals surface area contributed by atoms with Gasteiger partial charge in [0.1, 0.15) is 12.4 Å². The molecule has 1 amide bonds. The van der Waals surface area contributed by atoms with Gasteiger partial charge in [0.2, 0.25) is 0 Å². The Morgan fingerprint density at radius 3 is 2.26 bits per heavy atom. The van der Waals surface area contributed by atoms with E-state index in [1.165, 1.54) is 0 Å². The Hall–Kier alpha value is -3.69. The van der Waals surface area contributed by atoms with E-state index in [1.54, 1.807) is 0 Å². The zero-order valence-electron chi connectivity index (χ0n) is 28.2. The van der Waals surface area contributed by atoms with E-state index in [-0.39, 0.29) is 18.1 Å². The molecule has 5 rings (SSSR count). The van der Waals surface area contributed by atoms with Crippen LogP contribution in [0.1, 0.15) is 74.9 Å². The standard InChI is InChI=1S/C39H48BNO6/c1-29(44-27-31-16-10-7-11-17-31)24-32(22-23-43-26-30-14-8-6-9-15-30)28-45-36-21-13-20-35(36)41-37(42)33-18-12-19-34(25-33)40-46-38(2,3)39(4,5)47-40/h6-12,14-19,24-25,35-36H,1,13,20-23,26-28H2,2-5H3,(H,41,42)/b32-24+/t35-,36-/m1/s1. The van der Waals surface area contributed by atoms with Crippen molar-refractivity contribution in [1.29, 1.82) is 0 Å². The number of allylic oxidation sites excluding steroid dienone is 1. The number of hydrogen-bond donors (Lipinski definition) is 1. The maximum Gasteiger partial charge on any atom is 0.494 e. The zero-order valence-corrected chi connectivity index (χ0v) is 28.2. The Bertz CT molecular complexity index is 1490. The molecular weight excluding hydrogens is 589 g/mol. The largest absolute Gasteiger partial charge is 0.494 e. The van der Waals surface area contributed by atoms with Crippen LogP contribution in [-0.4, -0.2) is 49.6 Å². The molecule has 7 nitrogen and oxygen atoms in total. The van der Waals surface area contributed by atoms with Crippen LogP contribution in [0.15, 0.2) is 109 Å². The molecule has 1 aliphatic carbocycles. The number of nitrogens with one attached hydrogen (secondary N) is 1. The molecule has 0 bridgehead atoms. The molecule has 1 aliphatic heterocycles. The highest BCUT2D eigenvalue weighted by Gasteiger charge is 2.51. The van der Waals surface area contributed by atoms with Gasteiger partial charge in [-0.3, -0.25) is 4.79 Å². The maximum absolute atomic E-state index is 13.4.